The number of hydrogen-bond acceptors (Lipinski definition) is 2. The molecule has 0 N–H and O–H groups in total. The fourth-order valence-electron chi connectivity index (χ4n) is 2.79. The van der Waals surface area contributed by atoms with Crippen LogP contribution in [0.2, 0.25) is 0 Å². The van der Waals surface area contributed by atoms with Crippen molar-refractivity contribution in [2.75, 3.05) is 5.75 Å². The lowest BCUT2D eigenvalue weighted by Gasteiger charge is -2.18. The minimum atomic E-state index is 0.0941. The molecule has 0 nitrogen and oxygen atoms in total. The van der Waals surface area contributed by atoms with Crippen LogP contribution in [0.1, 0.15) is 55.3 Å². The molecule has 0 saturated heterocycles. The van der Waals surface area contributed by atoms with Gasteiger partial charge in [0.2, 0.25) is 0 Å². The first-order valence-corrected chi connectivity index (χ1v) is 11.5. The molecule has 132 valence electrons. The van der Waals surface area contributed by atoms with Crippen molar-refractivity contribution in [3.05, 3.63) is 71.8 Å². The van der Waals surface area contributed by atoms with Gasteiger partial charge in [-0.25, -0.2) is 0 Å². The Balaban J connectivity index is 1.76. The van der Waals surface area contributed by atoms with E-state index in [4.69, 9.17) is 7.85 Å². The van der Waals surface area contributed by atoms with Crippen LogP contribution in [0, 0.1) is 0 Å². The number of thioether (sulfide) groups is 2. The lowest BCUT2D eigenvalue weighted by Crippen LogP contribution is -2.06. The molecule has 0 aliphatic rings. The smallest absolute Gasteiger partial charge is 0.0911 e. The molecule has 0 bridgehead atoms. The van der Waals surface area contributed by atoms with E-state index >= 15 is 0 Å². The van der Waals surface area contributed by atoms with Gasteiger partial charge in [0.05, 0.1) is 7.85 Å². The van der Waals surface area contributed by atoms with Gasteiger partial charge in [-0.15, -0.1) is 0 Å². The van der Waals surface area contributed by atoms with Gasteiger partial charge >= 0.3 is 0 Å². The summed E-state index contributed by atoms with van der Waals surface area (Å²) in [5.41, 5.74) is 2.66. The van der Waals surface area contributed by atoms with Crippen molar-refractivity contribution >= 4 is 31.4 Å². The Bertz CT molecular complexity index is 559. The maximum absolute atomic E-state index is 6.32. The Hall–Kier alpha value is -0.795. The molecule has 0 aliphatic carbocycles. The van der Waals surface area contributed by atoms with E-state index in [-0.39, 0.29) is 5.15 Å². The van der Waals surface area contributed by atoms with Gasteiger partial charge in [0.25, 0.3) is 0 Å². The zero-order valence-corrected chi connectivity index (χ0v) is 16.9. The molecule has 2 aromatic rings. The SMILES string of the molecule is [B]C(SCCC(CCCCC)SCc1ccccc1)c1ccccc1. The highest BCUT2D eigenvalue weighted by Gasteiger charge is 2.11. The van der Waals surface area contributed by atoms with Crippen LogP contribution in [-0.4, -0.2) is 18.8 Å². The molecular formula is C22H29BS2. The Kier molecular flexibility index (Phi) is 10.3. The first kappa shape index (κ1) is 20.5. The van der Waals surface area contributed by atoms with E-state index in [1.54, 1.807) is 0 Å². The topological polar surface area (TPSA) is 0 Å². The number of unbranched alkanes of at least 4 members (excludes halogenated alkanes) is 2. The molecule has 2 radical (unpaired) electrons. The third kappa shape index (κ3) is 8.42. The quantitative estimate of drug-likeness (QED) is 0.296. The molecule has 2 atom stereocenters. The normalized spacial score (nSPS) is 13.5. The Labute approximate surface area is 164 Å². The second kappa shape index (κ2) is 12.5. The predicted molar refractivity (Wildman–Crippen MR) is 118 cm³/mol. The van der Waals surface area contributed by atoms with E-state index in [0.717, 1.165) is 16.8 Å². The summed E-state index contributed by atoms with van der Waals surface area (Å²) in [5, 5.41) is 0.832. The second-order valence-electron chi connectivity index (χ2n) is 6.41. The summed E-state index contributed by atoms with van der Waals surface area (Å²) < 4.78 is 0. The highest BCUT2D eigenvalue weighted by atomic mass is 32.2. The fraction of sp³-hybridized carbons (Fsp3) is 0.455. The van der Waals surface area contributed by atoms with Crippen LogP contribution in [-0.2, 0) is 5.75 Å². The minimum absolute atomic E-state index is 0.0941. The zero-order valence-electron chi connectivity index (χ0n) is 15.3. The summed E-state index contributed by atoms with van der Waals surface area (Å²) in [5.74, 6) is 2.25. The molecule has 2 aromatic carbocycles. The van der Waals surface area contributed by atoms with E-state index in [1.165, 1.54) is 43.2 Å². The minimum Gasteiger partial charge on any atom is -0.164 e. The Morgan fingerprint density at radius 2 is 1.52 bits per heavy atom. The molecule has 0 amide bonds. The summed E-state index contributed by atoms with van der Waals surface area (Å²) in [7, 11) is 6.32. The first-order valence-electron chi connectivity index (χ1n) is 9.37. The van der Waals surface area contributed by atoms with Crippen molar-refractivity contribution in [1.82, 2.24) is 0 Å². The van der Waals surface area contributed by atoms with Crippen LogP contribution in [0.4, 0.5) is 0 Å². The molecule has 3 heteroatoms. The number of hydrogen-bond donors (Lipinski definition) is 0. The zero-order chi connectivity index (χ0) is 17.7. The monoisotopic (exact) mass is 368 g/mol. The predicted octanol–water partition coefficient (Wildman–Crippen LogP) is 6.86. The standard InChI is InChI=1S/C22H29BS2/c1-2-3-6-15-21(25-18-19-11-7-4-8-12-19)16-17-24-22(23)20-13-9-5-10-14-20/h4-5,7-14,21-22H,2-3,6,15-18H2,1H3. The van der Waals surface area contributed by atoms with Gasteiger partial charge in [-0.2, -0.15) is 23.5 Å². The Morgan fingerprint density at radius 1 is 0.840 bits per heavy atom. The van der Waals surface area contributed by atoms with Gasteiger partial charge < -0.3 is 0 Å². The van der Waals surface area contributed by atoms with E-state index in [0.29, 0.717) is 0 Å². The molecule has 0 saturated carbocycles. The first-order chi connectivity index (χ1) is 12.3. The maximum Gasteiger partial charge on any atom is 0.0911 e. The molecule has 0 spiro atoms. The van der Waals surface area contributed by atoms with Gasteiger partial charge in [-0.1, -0.05) is 86.8 Å². The number of rotatable bonds is 12. The molecule has 25 heavy (non-hydrogen) atoms. The summed E-state index contributed by atoms with van der Waals surface area (Å²) in [4.78, 5) is 0. The highest BCUT2D eigenvalue weighted by Crippen LogP contribution is 2.30. The molecular weight excluding hydrogens is 339 g/mol. The van der Waals surface area contributed by atoms with Gasteiger partial charge in [0.15, 0.2) is 0 Å². The molecule has 2 unspecified atom stereocenters. The molecule has 2 rings (SSSR count). The van der Waals surface area contributed by atoms with E-state index in [9.17, 15) is 0 Å². The summed E-state index contributed by atoms with van der Waals surface area (Å²) in [6.07, 6.45) is 6.56. The van der Waals surface area contributed by atoms with E-state index in [2.05, 4.69) is 73.3 Å². The third-order valence-corrected chi connectivity index (χ3v) is 6.87. The van der Waals surface area contributed by atoms with Crippen LogP contribution < -0.4 is 0 Å². The van der Waals surface area contributed by atoms with Crippen LogP contribution in [0.15, 0.2) is 60.7 Å². The lowest BCUT2D eigenvalue weighted by atomic mass is 9.96. The summed E-state index contributed by atoms with van der Waals surface area (Å²) >= 11 is 4.00. The van der Waals surface area contributed by atoms with Crippen molar-refractivity contribution in [2.45, 2.75) is 55.2 Å². The number of benzene rings is 2. The lowest BCUT2D eigenvalue weighted by molar-refractivity contribution is 0.637. The van der Waals surface area contributed by atoms with Crippen molar-refractivity contribution in [1.29, 1.82) is 0 Å². The van der Waals surface area contributed by atoms with Crippen molar-refractivity contribution in [3.8, 4) is 0 Å². The van der Waals surface area contributed by atoms with Crippen LogP contribution in [0.25, 0.3) is 0 Å². The molecule has 0 heterocycles. The highest BCUT2D eigenvalue weighted by molar-refractivity contribution is 8.00. The summed E-state index contributed by atoms with van der Waals surface area (Å²) in [6.45, 7) is 2.28. The van der Waals surface area contributed by atoms with Gasteiger partial charge in [-0.05, 0) is 34.9 Å². The maximum atomic E-state index is 6.32. The van der Waals surface area contributed by atoms with Crippen LogP contribution >= 0.6 is 23.5 Å². The fourth-order valence-corrected chi connectivity index (χ4v) is 5.20. The average molecular weight is 368 g/mol. The summed E-state index contributed by atoms with van der Waals surface area (Å²) in [6, 6.07) is 21.3. The van der Waals surface area contributed by atoms with Crippen LogP contribution in [0.3, 0.4) is 0 Å². The van der Waals surface area contributed by atoms with Crippen molar-refractivity contribution in [2.24, 2.45) is 0 Å². The van der Waals surface area contributed by atoms with E-state index < -0.39 is 0 Å². The Morgan fingerprint density at radius 3 is 2.20 bits per heavy atom. The molecule has 0 aromatic heterocycles. The molecule has 0 aliphatic heterocycles. The average Bonchev–Trinajstić information content (AvgIpc) is 2.67. The van der Waals surface area contributed by atoms with Gasteiger partial charge in [0, 0.05) is 11.0 Å². The third-order valence-electron chi connectivity index (χ3n) is 4.32. The van der Waals surface area contributed by atoms with Gasteiger partial charge in [0.1, 0.15) is 0 Å². The van der Waals surface area contributed by atoms with Crippen molar-refractivity contribution < 1.29 is 0 Å². The largest absolute Gasteiger partial charge is 0.164 e. The van der Waals surface area contributed by atoms with Gasteiger partial charge in [-0.3, -0.25) is 0 Å². The molecule has 0 fully saturated rings. The second-order valence-corrected chi connectivity index (χ2v) is 8.94. The van der Waals surface area contributed by atoms with Crippen molar-refractivity contribution in [3.63, 3.8) is 0 Å². The van der Waals surface area contributed by atoms with E-state index in [1.807, 2.05) is 17.8 Å². The van der Waals surface area contributed by atoms with Crippen LogP contribution in [0.5, 0.6) is 0 Å².